The minimum atomic E-state index is 0.981. The lowest BCUT2D eigenvalue weighted by molar-refractivity contribution is 0.823. The summed E-state index contributed by atoms with van der Waals surface area (Å²) in [5.74, 6) is 0. The van der Waals surface area contributed by atoms with Gasteiger partial charge in [0.2, 0.25) is 0 Å². The maximum absolute atomic E-state index is 5.11. The van der Waals surface area contributed by atoms with E-state index in [2.05, 4.69) is 18.4 Å². The lowest BCUT2D eigenvalue weighted by atomic mass is 10.3. The molecule has 10 heavy (non-hydrogen) atoms. The molecule has 0 radical (unpaired) electrons. The smallest absolute Gasteiger partial charge is 0.161 e. The second-order valence-electron chi connectivity index (χ2n) is 2.28. The van der Waals surface area contributed by atoms with Gasteiger partial charge in [0.25, 0.3) is 0 Å². The van der Waals surface area contributed by atoms with E-state index >= 15 is 0 Å². The van der Waals surface area contributed by atoms with Crippen molar-refractivity contribution >= 4 is 23.6 Å². The van der Waals surface area contributed by atoms with Crippen LogP contribution < -0.4 is 0 Å². The predicted octanol–water partition coefficient (Wildman–Crippen LogP) is 2.69. The molecular weight excluding hydrogens is 162 g/mol. The van der Waals surface area contributed by atoms with Gasteiger partial charge in [-0.3, -0.25) is 0 Å². The zero-order valence-corrected chi connectivity index (χ0v) is 8.10. The van der Waals surface area contributed by atoms with Gasteiger partial charge in [-0.15, -0.1) is 11.3 Å². The number of thiazole rings is 1. The third kappa shape index (κ3) is 1.16. The van der Waals surface area contributed by atoms with E-state index in [1.807, 2.05) is 7.05 Å². The topological polar surface area (TPSA) is 4.93 Å². The van der Waals surface area contributed by atoms with Crippen molar-refractivity contribution in [1.82, 2.24) is 4.57 Å². The molecule has 1 rings (SSSR count). The molecule has 0 aliphatic rings. The molecule has 0 aromatic carbocycles. The van der Waals surface area contributed by atoms with E-state index in [4.69, 9.17) is 12.2 Å². The van der Waals surface area contributed by atoms with E-state index in [1.165, 1.54) is 10.6 Å². The first kappa shape index (κ1) is 7.95. The fourth-order valence-electron chi connectivity index (χ4n) is 1.09. The van der Waals surface area contributed by atoms with Crippen LogP contribution in [0.3, 0.4) is 0 Å². The Bertz CT molecular complexity index is 282. The predicted molar refractivity (Wildman–Crippen MR) is 48.2 cm³/mol. The summed E-state index contributed by atoms with van der Waals surface area (Å²) < 4.78 is 3.07. The van der Waals surface area contributed by atoms with Crippen LogP contribution in [0.5, 0.6) is 0 Å². The van der Waals surface area contributed by atoms with Crippen molar-refractivity contribution in [2.24, 2.45) is 7.05 Å². The van der Waals surface area contributed by atoms with E-state index < -0.39 is 0 Å². The summed E-state index contributed by atoms with van der Waals surface area (Å²) in [7, 11) is 2.03. The molecule has 1 aromatic rings. The van der Waals surface area contributed by atoms with E-state index in [0.29, 0.717) is 0 Å². The van der Waals surface area contributed by atoms with Crippen LogP contribution in [0.1, 0.15) is 17.5 Å². The van der Waals surface area contributed by atoms with Crippen molar-refractivity contribution in [3.8, 4) is 0 Å². The van der Waals surface area contributed by atoms with E-state index in [9.17, 15) is 0 Å². The lowest BCUT2D eigenvalue weighted by Gasteiger charge is -1.97. The van der Waals surface area contributed by atoms with Gasteiger partial charge in [-0.05, 0) is 25.6 Å². The Labute approximate surface area is 70.3 Å². The van der Waals surface area contributed by atoms with Crippen LogP contribution in [0.15, 0.2) is 0 Å². The Morgan fingerprint density at radius 2 is 2.20 bits per heavy atom. The van der Waals surface area contributed by atoms with Gasteiger partial charge in [0, 0.05) is 17.6 Å². The van der Waals surface area contributed by atoms with Crippen LogP contribution in [0.4, 0.5) is 0 Å². The van der Waals surface area contributed by atoms with Crippen LogP contribution >= 0.6 is 23.6 Å². The second-order valence-corrected chi connectivity index (χ2v) is 4.13. The van der Waals surface area contributed by atoms with Crippen molar-refractivity contribution in [2.45, 2.75) is 20.3 Å². The van der Waals surface area contributed by atoms with Crippen LogP contribution in [-0.4, -0.2) is 4.57 Å². The van der Waals surface area contributed by atoms with Gasteiger partial charge < -0.3 is 4.57 Å². The fraction of sp³-hybridized carbons (Fsp3) is 0.571. The first-order valence-electron chi connectivity index (χ1n) is 3.32. The molecule has 0 aliphatic carbocycles. The molecule has 0 aliphatic heterocycles. The van der Waals surface area contributed by atoms with E-state index in [-0.39, 0.29) is 0 Å². The Morgan fingerprint density at radius 1 is 1.60 bits per heavy atom. The van der Waals surface area contributed by atoms with Crippen LogP contribution in [0.2, 0.25) is 0 Å². The Morgan fingerprint density at radius 3 is 2.40 bits per heavy atom. The van der Waals surface area contributed by atoms with Gasteiger partial charge >= 0.3 is 0 Å². The highest BCUT2D eigenvalue weighted by atomic mass is 32.1. The maximum atomic E-state index is 5.11. The highest BCUT2D eigenvalue weighted by Gasteiger charge is 2.01. The molecule has 0 atom stereocenters. The van der Waals surface area contributed by atoms with Gasteiger partial charge in [-0.25, -0.2) is 0 Å². The quantitative estimate of drug-likeness (QED) is 0.591. The van der Waals surface area contributed by atoms with Crippen LogP contribution in [-0.2, 0) is 13.5 Å². The Hall–Kier alpha value is -0.150. The number of aromatic nitrogens is 1. The van der Waals surface area contributed by atoms with Gasteiger partial charge in [-0.2, -0.15) is 0 Å². The number of nitrogens with zero attached hydrogens (tertiary/aromatic N) is 1. The third-order valence-corrected chi connectivity index (χ3v) is 3.17. The molecule has 3 heteroatoms. The minimum absolute atomic E-state index is 0.981. The van der Waals surface area contributed by atoms with E-state index in [0.717, 1.165) is 10.4 Å². The van der Waals surface area contributed by atoms with Crippen LogP contribution in [0, 0.1) is 10.9 Å². The monoisotopic (exact) mass is 173 g/mol. The van der Waals surface area contributed by atoms with Crippen molar-refractivity contribution in [1.29, 1.82) is 0 Å². The van der Waals surface area contributed by atoms with E-state index in [1.54, 1.807) is 11.3 Å². The summed E-state index contributed by atoms with van der Waals surface area (Å²) >= 11 is 6.81. The molecule has 0 N–H and O–H groups in total. The number of rotatable bonds is 1. The average Bonchev–Trinajstić information content (AvgIpc) is 2.09. The minimum Gasteiger partial charge on any atom is -0.330 e. The molecule has 56 valence electrons. The molecule has 0 unspecified atom stereocenters. The summed E-state index contributed by atoms with van der Waals surface area (Å²) in [5.41, 5.74) is 1.37. The molecule has 0 spiro atoms. The van der Waals surface area contributed by atoms with Gasteiger partial charge in [0.15, 0.2) is 3.95 Å². The highest BCUT2D eigenvalue weighted by molar-refractivity contribution is 7.73. The standard InChI is InChI=1S/C7H11NS2/c1-4-6-5(2)10-7(9)8(6)3/h4H2,1-3H3. The summed E-state index contributed by atoms with van der Waals surface area (Å²) in [4.78, 5) is 1.36. The van der Waals surface area contributed by atoms with Crippen LogP contribution in [0.25, 0.3) is 0 Å². The van der Waals surface area contributed by atoms with Crippen molar-refractivity contribution in [3.63, 3.8) is 0 Å². The Balaban J connectivity index is 3.34. The SMILES string of the molecule is CCc1c(C)sc(=S)n1C. The molecule has 0 saturated carbocycles. The Kier molecular flexibility index (Phi) is 2.26. The summed E-state index contributed by atoms with van der Waals surface area (Å²) in [6, 6.07) is 0. The van der Waals surface area contributed by atoms with Crippen molar-refractivity contribution in [3.05, 3.63) is 14.5 Å². The zero-order chi connectivity index (χ0) is 7.72. The highest BCUT2D eigenvalue weighted by Crippen LogP contribution is 2.16. The second kappa shape index (κ2) is 2.84. The van der Waals surface area contributed by atoms with Crippen molar-refractivity contribution < 1.29 is 0 Å². The van der Waals surface area contributed by atoms with Gasteiger partial charge in [0.1, 0.15) is 0 Å². The number of hydrogen-bond acceptors (Lipinski definition) is 2. The fourth-order valence-corrected chi connectivity index (χ4v) is 2.48. The average molecular weight is 173 g/mol. The first-order chi connectivity index (χ1) is 4.66. The molecule has 1 nitrogen and oxygen atoms in total. The number of aryl methyl sites for hydroxylation is 1. The maximum Gasteiger partial charge on any atom is 0.161 e. The molecule has 1 aromatic heterocycles. The molecule has 0 bridgehead atoms. The summed E-state index contributed by atoms with van der Waals surface area (Å²) in [6.45, 7) is 4.28. The zero-order valence-electron chi connectivity index (χ0n) is 6.47. The molecule has 0 fully saturated rings. The lowest BCUT2D eigenvalue weighted by Crippen LogP contribution is -1.94. The summed E-state index contributed by atoms with van der Waals surface area (Å²) in [6.07, 6.45) is 1.08. The first-order valence-corrected chi connectivity index (χ1v) is 4.54. The van der Waals surface area contributed by atoms with Crippen molar-refractivity contribution in [2.75, 3.05) is 0 Å². The third-order valence-electron chi connectivity index (χ3n) is 1.66. The number of hydrogen-bond donors (Lipinski definition) is 0. The molecule has 0 amide bonds. The van der Waals surface area contributed by atoms with Gasteiger partial charge in [-0.1, -0.05) is 6.92 Å². The largest absolute Gasteiger partial charge is 0.330 e. The molecular formula is C7H11NS2. The normalized spacial score (nSPS) is 10.3. The van der Waals surface area contributed by atoms with Gasteiger partial charge in [0.05, 0.1) is 0 Å². The molecule has 1 heterocycles. The summed E-state index contributed by atoms with van der Waals surface area (Å²) in [5, 5.41) is 0. The molecule has 0 saturated heterocycles.